The molecule has 0 spiro atoms. The lowest BCUT2D eigenvalue weighted by Crippen LogP contribution is -2.13. The maximum absolute atomic E-state index is 4.82. The molecule has 0 aromatic carbocycles. The number of hydrogen-bond acceptors (Lipinski definition) is 2. The Hall–Kier alpha value is -0.700. The highest BCUT2D eigenvalue weighted by atomic mass is 16.5. The summed E-state index contributed by atoms with van der Waals surface area (Å²) in [5.41, 5.74) is 6.43. The van der Waals surface area contributed by atoms with Gasteiger partial charge in [0.1, 0.15) is 5.76 Å². The first kappa shape index (κ1) is 4.46. The molecule has 3 heteroatoms. The van der Waals surface area contributed by atoms with Crippen LogP contribution >= 0.6 is 0 Å². The normalized spacial score (nSPS) is 18.1. The predicted molar refractivity (Wildman–Crippen MR) is 25.2 cm³/mol. The molecule has 0 aliphatic carbocycles. The minimum absolute atomic E-state index is 0.733. The van der Waals surface area contributed by atoms with Gasteiger partial charge in [0, 0.05) is 0 Å². The van der Waals surface area contributed by atoms with Gasteiger partial charge >= 0.3 is 0 Å². The maximum Gasteiger partial charge on any atom is 0.131 e. The zero-order chi connectivity index (χ0) is 5.11. The van der Waals surface area contributed by atoms with E-state index in [1.165, 1.54) is 0 Å². The van der Waals surface area contributed by atoms with Crippen molar-refractivity contribution in [1.82, 2.24) is 10.9 Å². The fourth-order valence-corrected chi connectivity index (χ4v) is 0.412. The molecule has 1 radical (unpaired) electrons. The second kappa shape index (κ2) is 1.84. The Balaban J connectivity index is 2.36. The first-order chi connectivity index (χ1) is 3.43. The van der Waals surface area contributed by atoms with Crippen LogP contribution in [0.15, 0.2) is 12.0 Å². The van der Waals surface area contributed by atoms with Gasteiger partial charge in [0.2, 0.25) is 0 Å². The first-order valence-electron chi connectivity index (χ1n) is 2.09. The number of nitrogens with zero attached hydrogens (tertiary/aromatic N) is 1. The van der Waals surface area contributed by atoms with Gasteiger partial charge in [-0.25, -0.2) is 10.9 Å². The highest BCUT2D eigenvalue weighted by Crippen LogP contribution is 1.93. The summed E-state index contributed by atoms with van der Waals surface area (Å²) < 4.78 is 4.82. The van der Waals surface area contributed by atoms with Crippen LogP contribution in [0.4, 0.5) is 0 Å². The van der Waals surface area contributed by atoms with E-state index in [1.807, 2.05) is 0 Å². The Morgan fingerprint density at radius 2 is 2.86 bits per heavy atom. The highest BCUT2D eigenvalue weighted by Gasteiger charge is 2.00. The van der Waals surface area contributed by atoms with Crippen molar-refractivity contribution < 1.29 is 4.74 Å². The van der Waals surface area contributed by atoms with Crippen LogP contribution in [0.2, 0.25) is 0 Å². The van der Waals surface area contributed by atoms with Crippen LogP contribution in [0.5, 0.6) is 0 Å². The number of rotatable bonds is 1. The van der Waals surface area contributed by atoms with Crippen molar-refractivity contribution in [2.45, 2.75) is 0 Å². The molecule has 0 saturated heterocycles. The van der Waals surface area contributed by atoms with Gasteiger partial charge in [-0.15, -0.1) is 0 Å². The first-order valence-corrected chi connectivity index (χ1v) is 2.09. The molecule has 0 aromatic rings. The zero-order valence-corrected chi connectivity index (χ0v) is 4.14. The van der Waals surface area contributed by atoms with Gasteiger partial charge in [-0.1, -0.05) is 0 Å². The van der Waals surface area contributed by atoms with Crippen molar-refractivity contribution in [3.63, 3.8) is 0 Å². The van der Waals surface area contributed by atoms with Gasteiger partial charge in [-0.2, -0.15) is 0 Å². The average molecular weight is 99.1 g/mol. The number of ether oxygens (including phenoxy) is 1. The molecule has 0 aromatic heterocycles. The van der Waals surface area contributed by atoms with E-state index in [0.717, 1.165) is 12.3 Å². The van der Waals surface area contributed by atoms with Crippen molar-refractivity contribution in [2.24, 2.45) is 0 Å². The third-order valence-electron chi connectivity index (χ3n) is 0.815. The third-order valence-corrected chi connectivity index (χ3v) is 0.815. The summed E-state index contributed by atoms with van der Waals surface area (Å²) in [6, 6.07) is 0. The van der Waals surface area contributed by atoms with E-state index in [2.05, 4.69) is 10.9 Å². The molecule has 1 N–H and O–H groups in total. The van der Waals surface area contributed by atoms with Gasteiger partial charge in [0.25, 0.3) is 0 Å². The van der Waals surface area contributed by atoms with Gasteiger partial charge in [0.05, 0.1) is 19.9 Å². The largest absolute Gasteiger partial charge is 0.498 e. The van der Waals surface area contributed by atoms with Crippen molar-refractivity contribution in [3.8, 4) is 0 Å². The molecule has 1 aliphatic heterocycles. The summed E-state index contributed by atoms with van der Waals surface area (Å²) in [7, 11) is 1.63. The van der Waals surface area contributed by atoms with E-state index < -0.39 is 0 Å². The Labute approximate surface area is 42.3 Å². The van der Waals surface area contributed by atoms with Gasteiger partial charge in [-0.05, 0) is 0 Å². The van der Waals surface area contributed by atoms with Crippen molar-refractivity contribution in [1.29, 1.82) is 0 Å². The summed E-state index contributed by atoms with van der Waals surface area (Å²) >= 11 is 0. The number of methoxy groups -OCH3 is 1. The van der Waals surface area contributed by atoms with E-state index in [-0.39, 0.29) is 0 Å². The lowest BCUT2D eigenvalue weighted by atomic mass is 10.6. The van der Waals surface area contributed by atoms with Gasteiger partial charge < -0.3 is 4.74 Å². The summed E-state index contributed by atoms with van der Waals surface area (Å²) in [4.78, 5) is 0. The Kier molecular flexibility index (Phi) is 1.17. The second-order valence-electron chi connectivity index (χ2n) is 1.26. The molecule has 0 atom stereocenters. The van der Waals surface area contributed by atoms with E-state index in [0.29, 0.717) is 0 Å². The molecule has 1 aliphatic rings. The minimum Gasteiger partial charge on any atom is -0.498 e. The Morgan fingerprint density at radius 3 is 3.14 bits per heavy atom. The SMILES string of the molecule is COC1=C[N]NC1. The Bertz CT molecular complexity index is 89.7. The zero-order valence-electron chi connectivity index (χ0n) is 4.14. The van der Waals surface area contributed by atoms with Crippen LogP contribution in [0.1, 0.15) is 0 Å². The monoisotopic (exact) mass is 99.1 g/mol. The maximum atomic E-state index is 4.82. The van der Waals surface area contributed by atoms with Crippen LogP contribution in [0.25, 0.3) is 0 Å². The van der Waals surface area contributed by atoms with Gasteiger partial charge in [0.15, 0.2) is 0 Å². The van der Waals surface area contributed by atoms with Crippen LogP contribution in [0.3, 0.4) is 0 Å². The summed E-state index contributed by atoms with van der Waals surface area (Å²) in [5, 5.41) is 0. The molecular formula is C4H7N2O. The molecule has 1 heterocycles. The molecule has 7 heavy (non-hydrogen) atoms. The molecular weight excluding hydrogens is 92.1 g/mol. The smallest absolute Gasteiger partial charge is 0.131 e. The second-order valence-corrected chi connectivity index (χ2v) is 1.26. The van der Waals surface area contributed by atoms with E-state index in [9.17, 15) is 0 Å². The van der Waals surface area contributed by atoms with E-state index >= 15 is 0 Å². The molecule has 1 rings (SSSR count). The molecule has 0 fully saturated rings. The predicted octanol–water partition coefficient (Wildman–Crippen LogP) is -0.403. The standard InChI is InChI=1S/C4H7N2O/c1-7-4-2-5-6-3-4/h2,6H,3H2,1H3. The molecule has 0 saturated carbocycles. The van der Waals surface area contributed by atoms with Crippen LogP contribution in [0, 0.1) is 0 Å². The van der Waals surface area contributed by atoms with Crippen LogP contribution in [-0.2, 0) is 4.74 Å². The average Bonchev–Trinajstić information content (AvgIpc) is 2.14. The lowest BCUT2D eigenvalue weighted by molar-refractivity contribution is 0.288. The van der Waals surface area contributed by atoms with E-state index in [4.69, 9.17) is 4.74 Å². The summed E-state index contributed by atoms with van der Waals surface area (Å²) in [5.74, 6) is 0.889. The number of hydrogen-bond donors (Lipinski definition) is 1. The molecule has 39 valence electrons. The molecule has 0 unspecified atom stereocenters. The quantitative estimate of drug-likeness (QED) is 0.485. The third kappa shape index (κ3) is 0.838. The van der Waals surface area contributed by atoms with Crippen LogP contribution < -0.4 is 10.9 Å². The minimum atomic E-state index is 0.733. The van der Waals surface area contributed by atoms with E-state index in [1.54, 1.807) is 13.3 Å². The van der Waals surface area contributed by atoms with Crippen molar-refractivity contribution in [2.75, 3.05) is 13.7 Å². The fraction of sp³-hybridized carbons (Fsp3) is 0.500. The topological polar surface area (TPSA) is 35.4 Å². The fourth-order valence-electron chi connectivity index (χ4n) is 0.412. The van der Waals surface area contributed by atoms with Crippen molar-refractivity contribution >= 4 is 0 Å². The summed E-state index contributed by atoms with van der Waals surface area (Å²) in [6.45, 7) is 0.733. The summed E-state index contributed by atoms with van der Waals surface area (Å²) in [6.07, 6.45) is 1.67. The number of nitrogens with one attached hydrogen (secondary N) is 1. The molecule has 0 bridgehead atoms. The van der Waals surface area contributed by atoms with Gasteiger partial charge in [-0.3, -0.25) is 0 Å². The van der Waals surface area contributed by atoms with Crippen molar-refractivity contribution in [3.05, 3.63) is 12.0 Å². The molecule has 0 amide bonds. The van der Waals surface area contributed by atoms with Crippen LogP contribution in [-0.4, -0.2) is 13.7 Å². The lowest BCUT2D eigenvalue weighted by Gasteiger charge is -1.92. The highest BCUT2D eigenvalue weighted by molar-refractivity contribution is 4.96. The molecule has 3 nitrogen and oxygen atoms in total. The Morgan fingerprint density at radius 1 is 2.00 bits per heavy atom.